The van der Waals surface area contributed by atoms with Crippen LogP contribution in [0.15, 0.2) is 36.4 Å². The number of ether oxygens (including phenoxy) is 1. The Balaban J connectivity index is 2.00. The molecule has 0 saturated carbocycles. The zero-order valence-electron chi connectivity index (χ0n) is 15.8. The van der Waals surface area contributed by atoms with Crippen LogP contribution in [0, 0.1) is 20.8 Å². The number of methoxy groups -OCH3 is 1. The fourth-order valence-electron chi connectivity index (χ4n) is 2.82. The fraction of sp³-hybridized carbons (Fsp3) is 0.333. The quantitative estimate of drug-likeness (QED) is 0.470. The van der Waals surface area contributed by atoms with Gasteiger partial charge in [-0.1, -0.05) is 17.7 Å². The zero-order valence-corrected chi connectivity index (χ0v) is 15.8. The lowest BCUT2D eigenvalue weighted by molar-refractivity contribution is -0.140. The highest BCUT2D eigenvalue weighted by atomic mass is 16.5. The van der Waals surface area contributed by atoms with Crippen LogP contribution in [0.3, 0.4) is 0 Å². The first kappa shape index (κ1) is 19.5. The van der Waals surface area contributed by atoms with E-state index in [1.165, 1.54) is 18.7 Å². The van der Waals surface area contributed by atoms with Gasteiger partial charge in [0.1, 0.15) is 0 Å². The van der Waals surface area contributed by atoms with Crippen LogP contribution in [0.1, 0.15) is 35.4 Å². The number of carbonyl (C=O) groups excluding carboxylic acids is 2. The van der Waals surface area contributed by atoms with E-state index in [1.807, 2.05) is 13.0 Å². The maximum atomic E-state index is 11.9. The van der Waals surface area contributed by atoms with Crippen molar-refractivity contribution in [3.63, 3.8) is 0 Å². The van der Waals surface area contributed by atoms with Gasteiger partial charge in [0.05, 0.1) is 7.11 Å². The lowest BCUT2D eigenvalue weighted by Crippen LogP contribution is -2.22. The summed E-state index contributed by atoms with van der Waals surface area (Å²) in [7, 11) is 1.36. The second-order valence-electron chi connectivity index (χ2n) is 6.30. The lowest BCUT2D eigenvalue weighted by Gasteiger charge is -2.09. The average molecular weight is 354 g/mol. The van der Waals surface area contributed by atoms with E-state index >= 15 is 0 Å². The Morgan fingerprint density at radius 1 is 1.15 bits per heavy atom. The van der Waals surface area contributed by atoms with Crippen LogP contribution in [-0.4, -0.2) is 30.1 Å². The number of amides is 1. The topological polar surface area (TPSA) is 60.3 Å². The Kier molecular flexibility index (Phi) is 6.78. The van der Waals surface area contributed by atoms with Crippen molar-refractivity contribution >= 4 is 18.0 Å². The molecule has 5 nitrogen and oxygen atoms in total. The number of hydrogen-bond donors (Lipinski definition) is 1. The van der Waals surface area contributed by atoms with Crippen LogP contribution in [0.4, 0.5) is 0 Å². The summed E-state index contributed by atoms with van der Waals surface area (Å²) in [6.45, 7) is 6.61. The smallest absolute Gasteiger partial charge is 0.305 e. The van der Waals surface area contributed by atoms with Crippen molar-refractivity contribution in [2.24, 2.45) is 0 Å². The number of nitrogens with zero attached hydrogens (tertiary/aromatic N) is 1. The molecule has 0 atom stereocenters. The van der Waals surface area contributed by atoms with Gasteiger partial charge in [-0.2, -0.15) is 0 Å². The van der Waals surface area contributed by atoms with Crippen molar-refractivity contribution in [2.75, 3.05) is 13.7 Å². The van der Waals surface area contributed by atoms with Gasteiger partial charge in [-0.25, -0.2) is 0 Å². The molecule has 0 unspecified atom stereocenters. The highest BCUT2D eigenvalue weighted by molar-refractivity contribution is 5.91. The van der Waals surface area contributed by atoms with Gasteiger partial charge in [-0.3, -0.25) is 9.59 Å². The van der Waals surface area contributed by atoms with Crippen LogP contribution in [0.25, 0.3) is 11.8 Å². The molecule has 1 aromatic heterocycles. The summed E-state index contributed by atoms with van der Waals surface area (Å²) in [6, 6.07) is 10.4. The van der Waals surface area contributed by atoms with Gasteiger partial charge < -0.3 is 14.6 Å². The molecule has 0 saturated heterocycles. The Morgan fingerprint density at radius 2 is 1.85 bits per heavy atom. The van der Waals surface area contributed by atoms with Gasteiger partial charge in [0.2, 0.25) is 5.91 Å². The minimum absolute atomic E-state index is 0.171. The van der Waals surface area contributed by atoms with Crippen molar-refractivity contribution in [3.05, 3.63) is 58.9 Å². The van der Waals surface area contributed by atoms with Gasteiger partial charge in [-0.05, 0) is 57.0 Å². The highest BCUT2D eigenvalue weighted by Gasteiger charge is 2.09. The molecular formula is C21H26N2O3. The third-order valence-corrected chi connectivity index (χ3v) is 4.26. The maximum Gasteiger partial charge on any atom is 0.305 e. The first-order valence-electron chi connectivity index (χ1n) is 8.71. The van der Waals surface area contributed by atoms with E-state index in [0.717, 1.165) is 22.6 Å². The molecule has 2 rings (SSSR count). The average Bonchev–Trinajstić information content (AvgIpc) is 2.91. The number of nitrogens with one attached hydrogen (secondary N) is 1. The lowest BCUT2D eigenvalue weighted by atomic mass is 10.2. The van der Waals surface area contributed by atoms with E-state index in [1.54, 1.807) is 0 Å². The Morgan fingerprint density at radius 3 is 2.50 bits per heavy atom. The summed E-state index contributed by atoms with van der Waals surface area (Å²) in [5.74, 6) is -0.437. The number of hydrogen-bond acceptors (Lipinski definition) is 3. The SMILES string of the molecule is COC(=O)CCCNC(=O)/C=C/c1cc(C)n(-c2ccc(C)cc2)c1C. The molecule has 0 radical (unpaired) electrons. The number of benzene rings is 1. The van der Waals surface area contributed by atoms with E-state index in [0.29, 0.717) is 19.4 Å². The van der Waals surface area contributed by atoms with E-state index in [2.05, 4.69) is 58.8 Å². The van der Waals surface area contributed by atoms with E-state index < -0.39 is 0 Å². The number of aryl methyl sites for hydroxylation is 2. The van der Waals surface area contributed by atoms with E-state index in [9.17, 15) is 9.59 Å². The summed E-state index contributed by atoms with van der Waals surface area (Å²) in [5, 5.41) is 2.77. The summed E-state index contributed by atoms with van der Waals surface area (Å²) in [4.78, 5) is 22.9. The standard InChI is InChI=1S/C21H26N2O3/c1-15-7-10-19(11-8-15)23-16(2)14-18(17(23)3)9-12-20(24)22-13-5-6-21(25)26-4/h7-12,14H,5-6,13H2,1-4H3,(H,22,24)/b12-9+. The minimum atomic E-state index is -0.265. The summed E-state index contributed by atoms with van der Waals surface area (Å²) < 4.78 is 6.74. The maximum absolute atomic E-state index is 11.9. The summed E-state index contributed by atoms with van der Waals surface area (Å²) >= 11 is 0. The molecular weight excluding hydrogens is 328 g/mol. The van der Waals surface area contributed by atoms with Crippen LogP contribution in [0.2, 0.25) is 0 Å². The molecule has 0 spiro atoms. The monoisotopic (exact) mass is 354 g/mol. The fourth-order valence-corrected chi connectivity index (χ4v) is 2.82. The third kappa shape index (κ3) is 5.09. The Hall–Kier alpha value is -2.82. The van der Waals surface area contributed by atoms with Crippen LogP contribution in [-0.2, 0) is 14.3 Å². The molecule has 1 aromatic carbocycles. The normalized spacial score (nSPS) is 10.9. The third-order valence-electron chi connectivity index (χ3n) is 4.26. The van der Waals surface area contributed by atoms with Crippen molar-refractivity contribution < 1.29 is 14.3 Å². The molecule has 138 valence electrons. The zero-order chi connectivity index (χ0) is 19.1. The number of esters is 1. The molecule has 0 fully saturated rings. The molecule has 2 aromatic rings. The molecule has 0 bridgehead atoms. The number of carbonyl (C=O) groups is 2. The van der Waals surface area contributed by atoms with Gasteiger partial charge >= 0.3 is 5.97 Å². The molecule has 1 heterocycles. The van der Waals surface area contributed by atoms with Crippen LogP contribution in [0.5, 0.6) is 0 Å². The Bertz CT molecular complexity index is 801. The predicted molar refractivity (Wildman–Crippen MR) is 103 cm³/mol. The van der Waals surface area contributed by atoms with Crippen molar-refractivity contribution in [3.8, 4) is 5.69 Å². The molecule has 5 heteroatoms. The molecule has 26 heavy (non-hydrogen) atoms. The van der Waals surface area contributed by atoms with Gasteiger partial charge in [0, 0.05) is 36.1 Å². The molecule has 1 N–H and O–H groups in total. The second-order valence-corrected chi connectivity index (χ2v) is 6.30. The van der Waals surface area contributed by atoms with E-state index in [-0.39, 0.29) is 11.9 Å². The molecule has 0 aliphatic heterocycles. The highest BCUT2D eigenvalue weighted by Crippen LogP contribution is 2.22. The van der Waals surface area contributed by atoms with Crippen LogP contribution >= 0.6 is 0 Å². The van der Waals surface area contributed by atoms with E-state index in [4.69, 9.17) is 0 Å². The van der Waals surface area contributed by atoms with Crippen LogP contribution < -0.4 is 5.32 Å². The molecule has 0 aliphatic carbocycles. The van der Waals surface area contributed by atoms with Gasteiger partial charge in [-0.15, -0.1) is 0 Å². The van der Waals surface area contributed by atoms with Crippen molar-refractivity contribution in [2.45, 2.75) is 33.6 Å². The first-order valence-corrected chi connectivity index (χ1v) is 8.71. The van der Waals surface area contributed by atoms with Gasteiger partial charge in [0.25, 0.3) is 0 Å². The van der Waals surface area contributed by atoms with Gasteiger partial charge in [0.15, 0.2) is 0 Å². The first-order chi connectivity index (χ1) is 12.4. The Labute approximate surface area is 154 Å². The van der Waals surface area contributed by atoms with Crippen molar-refractivity contribution in [1.82, 2.24) is 9.88 Å². The summed E-state index contributed by atoms with van der Waals surface area (Å²) in [5.41, 5.74) is 5.54. The molecule has 1 amide bonds. The largest absolute Gasteiger partial charge is 0.469 e. The van der Waals surface area contributed by atoms with Crippen molar-refractivity contribution in [1.29, 1.82) is 0 Å². The predicted octanol–water partition coefficient (Wildman–Crippen LogP) is 3.49. The summed E-state index contributed by atoms with van der Waals surface area (Å²) in [6.07, 6.45) is 4.22. The minimum Gasteiger partial charge on any atom is -0.469 e. The molecule has 0 aliphatic rings. The number of aromatic nitrogens is 1. The number of rotatable bonds is 7. The second kappa shape index (κ2) is 9.04.